The van der Waals surface area contributed by atoms with E-state index < -0.39 is 23.3 Å². The van der Waals surface area contributed by atoms with Crippen LogP contribution < -0.4 is 10.6 Å². The number of rotatable bonds is 8. The van der Waals surface area contributed by atoms with Gasteiger partial charge in [-0.15, -0.1) is 0 Å². The smallest absolute Gasteiger partial charge is 0.410 e. The number of halogens is 2. The Labute approximate surface area is 216 Å². The predicted molar refractivity (Wildman–Crippen MR) is 136 cm³/mol. The molecule has 2 amide bonds. The Morgan fingerprint density at radius 3 is 2.70 bits per heavy atom. The van der Waals surface area contributed by atoms with Crippen molar-refractivity contribution in [2.45, 2.75) is 84.0 Å². The molecule has 2 aromatic rings. The maximum Gasteiger partial charge on any atom is 0.410 e. The van der Waals surface area contributed by atoms with Gasteiger partial charge in [0, 0.05) is 43.9 Å². The van der Waals surface area contributed by atoms with E-state index in [-0.39, 0.29) is 18.0 Å². The fourth-order valence-electron chi connectivity index (χ4n) is 4.99. The topological polar surface area (TPSA) is 88.5 Å². The Balaban J connectivity index is 1.28. The molecule has 202 valence electrons. The maximum absolute atomic E-state index is 14.3. The van der Waals surface area contributed by atoms with Crippen molar-refractivity contribution in [1.82, 2.24) is 19.8 Å². The number of carbonyl (C=O) groups is 2. The van der Waals surface area contributed by atoms with E-state index in [1.807, 2.05) is 32.3 Å². The minimum Gasteiger partial charge on any atom is -0.444 e. The Hall–Kier alpha value is -3.01. The summed E-state index contributed by atoms with van der Waals surface area (Å²) < 4.78 is 35.1. The lowest BCUT2D eigenvalue weighted by molar-refractivity contribution is -0.118. The molecule has 0 spiro atoms. The molecule has 2 atom stereocenters. The molecular weight excluding hydrogens is 480 g/mol. The van der Waals surface area contributed by atoms with Crippen LogP contribution >= 0.6 is 0 Å². The summed E-state index contributed by atoms with van der Waals surface area (Å²) >= 11 is 0. The molecular formula is C27H37F2N5O3. The zero-order valence-corrected chi connectivity index (χ0v) is 22.0. The number of aryl methyl sites for hydroxylation is 1. The minimum absolute atomic E-state index is 0.0705. The van der Waals surface area contributed by atoms with Gasteiger partial charge >= 0.3 is 6.09 Å². The second kappa shape index (κ2) is 11.2. The number of imidazole rings is 1. The highest BCUT2D eigenvalue weighted by molar-refractivity contribution is 5.94. The van der Waals surface area contributed by atoms with Gasteiger partial charge in [-0.3, -0.25) is 4.79 Å². The normalized spacial score (nSPS) is 18.6. The van der Waals surface area contributed by atoms with Crippen LogP contribution in [-0.2, 0) is 28.9 Å². The van der Waals surface area contributed by atoms with E-state index in [9.17, 15) is 18.4 Å². The van der Waals surface area contributed by atoms with Gasteiger partial charge in [0.05, 0.1) is 12.4 Å². The molecule has 1 aliphatic heterocycles. The molecule has 1 aromatic heterocycles. The molecule has 1 unspecified atom stereocenters. The number of amides is 2. The highest BCUT2D eigenvalue weighted by Crippen LogP contribution is 2.26. The van der Waals surface area contributed by atoms with Crippen LogP contribution in [-0.4, -0.2) is 57.2 Å². The van der Waals surface area contributed by atoms with Crippen molar-refractivity contribution in [2.24, 2.45) is 5.92 Å². The third kappa shape index (κ3) is 7.06. The number of ether oxygens (including phenoxy) is 1. The number of hydrogen-bond donors (Lipinski definition) is 2. The summed E-state index contributed by atoms with van der Waals surface area (Å²) in [6, 6.07) is 1.81. The molecule has 0 saturated carbocycles. The number of fused-ring (bicyclic) bond motifs is 1. The van der Waals surface area contributed by atoms with Gasteiger partial charge in [-0.1, -0.05) is 13.3 Å². The van der Waals surface area contributed by atoms with Gasteiger partial charge in [0.15, 0.2) is 5.82 Å². The summed E-state index contributed by atoms with van der Waals surface area (Å²) in [4.78, 5) is 31.2. The number of hydrogen-bond acceptors (Lipinski definition) is 5. The zero-order valence-electron chi connectivity index (χ0n) is 22.0. The van der Waals surface area contributed by atoms with Crippen molar-refractivity contribution in [1.29, 1.82) is 0 Å². The number of benzene rings is 1. The van der Waals surface area contributed by atoms with Crippen molar-refractivity contribution in [2.75, 3.05) is 18.4 Å². The second-order valence-corrected chi connectivity index (χ2v) is 11.2. The molecule has 1 saturated heterocycles. The van der Waals surface area contributed by atoms with E-state index in [1.54, 1.807) is 17.4 Å². The van der Waals surface area contributed by atoms with Gasteiger partial charge in [0.1, 0.15) is 17.2 Å². The number of nitrogens with one attached hydrogen (secondary N) is 2. The first-order valence-electron chi connectivity index (χ1n) is 13.0. The Bertz CT molecular complexity index is 1120. The minimum atomic E-state index is -0.553. The number of nitrogens with zero attached hydrogens (tertiary/aromatic N) is 3. The lowest BCUT2D eigenvalue weighted by Gasteiger charge is -2.39. The van der Waals surface area contributed by atoms with Crippen molar-refractivity contribution < 1.29 is 23.1 Å². The number of aromatic nitrogens is 2. The average molecular weight is 518 g/mol. The zero-order chi connectivity index (χ0) is 26.7. The first kappa shape index (κ1) is 27.0. The van der Waals surface area contributed by atoms with Crippen molar-refractivity contribution in [3.05, 3.63) is 47.4 Å². The van der Waals surface area contributed by atoms with Crippen LogP contribution in [0.1, 0.15) is 58.1 Å². The van der Waals surface area contributed by atoms with Gasteiger partial charge in [0.2, 0.25) is 5.91 Å². The summed E-state index contributed by atoms with van der Waals surface area (Å²) in [6.07, 6.45) is 6.30. The van der Waals surface area contributed by atoms with E-state index in [0.29, 0.717) is 68.2 Å². The molecule has 0 bridgehead atoms. The largest absolute Gasteiger partial charge is 0.444 e. The summed E-state index contributed by atoms with van der Waals surface area (Å²) in [5.74, 6) is -0.501. The molecule has 2 N–H and O–H groups in total. The highest BCUT2D eigenvalue weighted by Gasteiger charge is 2.34. The van der Waals surface area contributed by atoms with E-state index in [4.69, 9.17) is 4.74 Å². The van der Waals surface area contributed by atoms with Crippen molar-refractivity contribution in [3.8, 4) is 0 Å². The van der Waals surface area contributed by atoms with Crippen LogP contribution in [0.4, 0.5) is 19.4 Å². The van der Waals surface area contributed by atoms with E-state index in [2.05, 4.69) is 15.6 Å². The third-order valence-electron chi connectivity index (χ3n) is 6.76. The third-order valence-corrected chi connectivity index (χ3v) is 6.76. The quantitative estimate of drug-likeness (QED) is 0.546. The molecule has 2 aliphatic rings. The molecule has 37 heavy (non-hydrogen) atoms. The average Bonchev–Trinajstić information content (AvgIpc) is 3.21. The van der Waals surface area contributed by atoms with Crippen molar-refractivity contribution in [3.63, 3.8) is 0 Å². The molecule has 1 aromatic carbocycles. The standard InChI is InChI=1S/C27H37F2N5O3/c1-5-6-23(31-20-8-7-18-9-19(28)10-22(29)21(18)11-20)25(35)32-24-15-33(16-30-24)12-17-13-34(14-17)26(36)37-27(2,3)4/h9-10,15-17,20,23,31H,5-8,11-14H2,1-4H3,(H,32,35)/t20?,23-/m0/s1. The van der Waals surface area contributed by atoms with E-state index in [0.717, 1.165) is 12.5 Å². The van der Waals surface area contributed by atoms with Crippen LogP contribution in [0.25, 0.3) is 0 Å². The highest BCUT2D eigenvalue weighted by atomic mass is 19.1. The summed E-state index contributed by atoms with van der Waals surface area (Å²) in [6.45, 7) is 9.48. The van der Waals surface area contributed by atoms with Gasteiger partial charge in [-0.2, -0.15) is 0 Å². The van der Waals surface area contributed by atoms with Gasteiger partial charge in [-0.05, 0) is 63.6 Å². The van der Waals surface area contributed by atoms with Crippen LogP contribution in [0.3, 0.4) is 0 Å². The Morgan fingerprint density at radius 2 is 2.00 bits per heavy atom. The van der Waals surface area contributed by atoms with Crippen LogP contribution in [0.15, 0.2) is 24.7 Å². The Kier molecular flexibility index (Phi) is 8.16. The molecule has 1 fully saturated rings. The first-order chi connectivity index (χ1) is 17.5. The lowest BCUT2D eigenvalue weighted by atomic mass is 9.87. The van der Waals surface area contributed by atoms with Gasteiger partial charge in [0.25, 0.3) is 0 Å². The first-order valence-corrected chi connectivity index (χ1v) is 13.0. The fraction of sp³-hybridized carbons (Fsp3) is 0.593. The van der Waals surface area contributed by atoms with Crippen molar-refractivity contribution >= 4 is 17.8 Å². The molecule has 2 heterocycles. The molecule has 0 radical (unpaired) electrons. The van der Waals surface area contributed by atoms with Gasteiger partial charge in [-0.25, -0.2) is 18.6 Å². The van der Waals surface area contributed by atoms with Gasteiger partial charge < -0.3 is 24.8 Å². The monoisotopic (exact) mass is 517 g/mol. The number of anilines is 1. The maximum atomic E-state index is 14.3. The Morgan fingerprint density at radius 1 is 1.24 bits per heavy atom. The van der Waals surface area contributed by atoms with Crippen LogP contribution in [0.5, 0.6) is 0 Å². The molecule has 10 heteroatoms. The number of likely N-dealkylation sites (tertiary alicyclic amines) is 1. The SMILES string of the molecule is CCC[C@H](NC1CCc2cc(F)cc(F)c2C1)C(=O)Nc1cn(CC2CN(C(=O)OC(C)(C)C)C2)cn1. The van der Waals surface area contributed by atoms with Crippen LogP contribution in [0.2, 0.25) is 0 Å². The summed E-state index contributed by atoms with van der Waals surface area (Å²) in [5, 5.41) is 6.29. The lowest BCUT2D eigenvalue weighted by Crippen LogP contribution is -2.52. The summed E-state index contributed by atoms with van der Waals surface area (Å²) in [5.41, 5.74) is 0.723. The fourth-order valence-corrected chi connectivity index (χ4v) is 4.99. The van der Waals surface area contributed by atoms with E-state index in [1.165, 1.54) is 6.07 Å². The molecule has 4 rings (SSSR count). The predicted octanol–water partition coefficient (Wildman–Crippen LogP) is 4.28. The van der Waals surface area contributed by atoms with E-state index >= 15 is 0 Å². The molecule has 8 nitrogen and oxygen atoms in total. The van der Waals surface area contributed by atoms with Crippen LogP contribution in [0, 0.1) is 17.6 Å². The summed E-state index contributed by atoms with van der Waals surface area (Å²) in [7, 11) is 0. The molecule has 1 aliphatic carbocycles. The number of carbonyl (C=O) groups excluding carboxylic acids is 2. The second-order valence-electron chi connectivity index (χ2n) is 11.2.